The van der Waals surface area contributed by atoms with Gasteiger partial charge in [0.15, 0.2) is 11.5 Å². The van der Waals surface area contributed by atoms with Crippen molar-refractivity contribution in [2.24, 2.45) is 0 Å². The van der Waals surface area contributed by atoms with Crippen LogP contribution in [-0.2, 0) is 6.54 Å². The van der Waals surface area contributed by atoms with Crippen molar-refractivity contribution >= 4 is 23.3 Å². The number of rotatable bonds is 3. The van der Waals surface area contributed by atoms with Gasteiger partial charge in [-0.3, -0.25) is 4.79 Å². The third-order valence-electron chi connectivity index (χ3n) is 2.42. The number of aromatic nitrogens is 2. The molecule has 17 heavy (non-hydrogen) atoms. The van der Waals surface area contributed by atoms with Crippen molar-refractivity contribution in [1.82, 2.24) is 14.9 Å². The number of nitriles is 1. The lowest BCUT2D eigenvalue weighted by atomic mass is 10.3. The average Bonchev–Trinajstić information content (AvgIpc) is 2.62. The Kier molecular flexibility index (Phi) is 3.02. The third kappa shape index (κ3) is 1.85. The summed E-state index contributed by atoms with van der Waals surface area (Å²) >= 11 is 5.96. The summed E-state index contributed by atoms with van der Waals surface area (Å²) in [5.74, 6) is 0.206. The van der Waals surface area contributed by atoms with Crippen molar-refractivity contribution in [3.8, 4) is 6.07 Å². The van der Waals surface area contributed by atoms with Gasteiger partial charge in [-0.15, -0.1) is 6.58 Å². The van der Waals surface area contributed by atoms with Crippen molar-refractivity contribution in [1.29, 1.82) is 5.26 Å². The number of amides is 1. The molecule has 6 nitrogen and oxygen atoms in total. The van der Waals surface area contributed by atoms with Crippen molar-refractivity contribution in [2.45, 2.75) is 6.54 Å². The zero-order chi connectivity index (χ0) is 12.4. The Balaban J connectivity index is 2.51. The molecule has 0 spiro atoms. The highest BCUT2D eigenvalue weighted by Gasteiger charge is 2.29. The van der Waals surface area contributed by atoms with E-state index in [1.807, 2.05) is 6.07 Å². The molecule has 1 aliphatic heterocycles. The van der Waals surface area contributed by atoms with E-state index in [-0.39, 0.29) is 24.4 Å². The van der Waals surface area contributed by atoms with Gasteiger partial charge in [0, 0.05) is 6.54 Å². The Labute approximate surface area is 103 Å². The molecular weight excluding hydrogens is 242 g/mol. The maximum Gasteiger partial charge on any atom is 0.273 e. The Hall–Kier alpha value is -2.00. The van der Waals surface area contributed by atoms with Gasteiger partial charge in [0.2, 0.25) is 5.28 Å². The number of allylic oxidation sites excluding steroid dienone is 1. The Bertz CT molecular complexity index is 516. The largest absolute Gasteiger partial charge is 0.333 e. The molecule has 1 aromatic rings. The lowest BCUT2D eigenvalue weighted by molar-refractivity contribution is 0.0939. The van der Waals surface area contributed by atoms with Crippen LogP contribution in [0.15, 0.2) is 12.7 Å². The second kappa shape index (κ2) is 4.47. The van der Waals surface area contributed by atoms with Crippen LogP contribution in [0.5, 0.6) is 0 Å². The molecule has 0 aliphatic carbocycles. The summed E-state index contributed by atoms with van der Waals surface area (Å²) < 4.78 is 1.56. The molecule has 0 atom stereocenters. The van der Waals surface area contributed by atoms with E-state index in [4.69, 9.17) is 16.9 Å². The topological polar surface area (TPSA) is 74.0 Å². The van der Waals surface area contributed by atoms with Crippen LogP contribution < -0.4 is 10.2 Å². The average molecular weight is 252 g/mol. The van der Waals surface area contributed by atoms with Crippen LogP contribution in [0.1, 0.15) is 10.5 Å². The fourth-order valence-corrected chi connectivity index (χ4v) is 1.93. The molecule has 2 heterocycles. The lowest BCUT2D eigenvalue weighted by Crippen LogP contribution is -2.44. The molecule has 1 N–H and O–H groups in total. The van der Waals surface area contributed by atoms with Gasteiger partial charge in [0.05, 0.1) is 12.7 Å². The monoisotopic (exact) mass is 251 g/mol. The molecule has 0 unspecified atom stereocenters. The highest BCUT2D eigenvalue weighted by molar-refractivity contribution is 6.29. The number of fused-ring (bicyclic) bond motifs is 1. The number of carbonyl (C=O) groups excluding carboxylic acids is 1. The second-order valence-electron chi connectivity index (χ2n) is 3.47. The molecule has 1 amide bonds. The van der Waals surface area contributed by atoms with Crippen molar-refractivity contribution in [2.75, 3.05) is 18.1 Å². The van der Waals surface area contributed by atoms with E-state index in [2.05, 4.69) is 16.9 Å². The van der Waals surface area contributed by atoms with Gasteiger partial charge in [-0.2, -0.15) is 10.2 Å². The maximum atomic E-state index is 11.8. The minimum atomic E-state index is -0.240. The fourth-order valence-electron chi connectivity index (χ4n) is 1.70. The molecule has 0 saturated carbocycles. The van der Waals surface area contributed by atoms with Crippen LogP contribution in [0.2, 0.25) is 5.28 Å². The molecule has 7 heteroatoms. The van der Waals surface area contributed by atoms with Crippen molar-refractivity contribution < 1.29 is 4.79 Å². The molecule has 88 valence electrons. The van der Waals surface area contributed by atoms with Crippen molar-refractivity contribution in [3.63, 3.8) is 0 Å². The summed E-state index contributed by atoms with van der Waals surface area (Å²) in [6.45, 7) is 4.41. The first-order chi connectivity index (χ1) is 8.19. The van der Waals surface area contributed by atoms with Crippen LogP contribution in [0.3, 0.4) is 0 Å². The number of imidazole rings is 1. The van der Waals surface area contributed by atoms with Gasteiger partial charge < -0.3 is 14.8 Å². The zero-order valence-electron chi connectivity index (χ0n) is 8.98. The number of anilines is 1. The third-order valence-corrected chi connectivity index (χ3v) is 2.71. The Morgan fingerprint density at radius 1 is 1.71 bits per heavy atom. The molecule has 1 aromatic heterocycles. The smallest absolute Gasteiger partial charge is 0.273 e. The summed E-state index contributed by atoms with van der Waals surface area (Å²) in [6.07, 6.45) is 1.63. The summed E-state index contributed by atoms with van der Waals surface area (Å²) in [6, 6.07) is 2.02. The van der Waals surface area contributed by atoms with Crippen LogP contribution in [0.4, 0.5) is 5.82 Å². The van der Waals surface area contributed by atoms with E-state index in [0.29, 0.717) is 18.1 Å². The molecule has 0 fully saturated rings. The minimum Gasteiger partial charge on any atom is -0.333 e. The number of nitrogens with zero attached hydrogens (tertiary/aromatic N) is 4. The first kappa shape index (κ1) is 11.5. The van der Waals surface area contributed by atoms with E-state index in [9.17, 15) is 4.79 Å². The highest BCUT2D eigenvalue weighted by atomic mass is 35.5. The van der Waals surface area contributed by atoms with Crippen molar-refractivity contribution in [3.05, 3.63) is 23.6 Å². The van der Waals surface area contributed by atoms with Gasteiger partial charge in [-0.25, -0.2) is 0 Å². The summed E-state index contributed by atoms with van der Waals surface area (Å²) in [5.41, 5.74) is 0.372. The van der Waals surface area contributed by atoms with Gasteiger partial charge in [-0.05, 0) is 11.6 Å². The van der Waals surface area contributed by atoms with E-state index in [1.54, 1.807) is 15.5 Å². The maximum absolute atomic E-state index is 11.8. The highest BCUT2D eigenvalue weighted by Crippen LogP contribution is 2.26. The number of carbonyl (C=O) groups is 1. The van der Waals surface area contributed by atoms with E-state index < -0.39 is 0 Å². The van der Waals surface area contributed by atoms with Gasteiger partial charge in [0.1, 0.15) is 6.54 Å². The van der Waals surface area contributed by atoms with E-state index >= 15 is 0 Å². The van der Waals surface area contributed by atoms with Gasteiger partial charge >= 0.3 is 0 Å². The number of hydrogen-bond acceptors (Lipinski definition) is 4. The van der Waals surface area contributed by atoms with Crippen LogP contribution in [0.25, 0.3) is 0 Å². The lowest BCUT2D eigenvalue weighted by Gasteiger charge is -2.25. The summed E-state index contributed by atoms with van der Waals surface area (Å²) in [5, 5.41) is 11.6. The number of hydrogen-bond donors (Lipinski definition) is 1. The predicted molar refractivity (Wildman–Crippen MR) is 62.7 cm³/mol. The molecule has 0 radical (unpaired) electrons. The first-order valence-electron chi connectivity index (χ1n) is 4.96. The van der Waals surface area contributed by atoms with Gasteiger partial charge in [0.25, 0.3) is 5.91 Å². The SMILES string of the molecule is C=CCn1c(Cl)nc2c1C(=O)NCN2CC#N. The van der Waals surface area contributed by atoms with E-state index in [0.717, 1.165) is 0 Å². The Morgan fingerprint density at radius 2 is 2.47 bits per heavy atom. The van der Waals surface area contributed by atoms with E-state index in [1.165, 1.54) is 0 Å². The molecule has 2 rings (SSSR count). The molecular formula is C10H10ClN5O. The predicted octanol–water partition coefficient (Wildman–Crippen LogP) is 0.753. The summed E-state index contributed by atoms with van der Waals surface area (Å²) in [4.78, 5) is 17.5. The quantitative estimate of drug-likeness (QED) is 0.636. The molecule has 0 saturated heterocycles. The van der Waals surface area contributed by atoms with Crippen LogP contribution in [0, 0.1) is 11.3 Å². The number of nitrogens with one attached hydrogen (secondary N) is 1. The standard InChI is InChI=1S/C10H10ClN5O/c1-2-4-16-7-8(14-10(16)11)15(5-3-12)6-13-9(7)17/h2H,1,4-6H2,(H,13,17). The Morgan fingerprint density at radius 3 is 3.12 bits per heavy atom. The molecule has 1 aliphatic rings. The zero-order valence-corrected chi connectivity index (χ0v) is 9.74. The molecule has 0 bridgehead atoms. The molecule has 0 aromatic carbocycles. The minimum absolute atomic E-state index is 0.148. The summed E-state index contributed by atoms with van der Waals surface area (Å²) in [7, 11) is 0. The van der Waals surface area contributed by atoms with Crippen LogP contribution >= 0.6 is 11.6 Å². The van der Waals surface area contributed by atoms with Crippen LogP contribution in [-0.4, -0.2) is 28.7 Å². The van der Waals surface area contributed by atoms with Gasteiger partial charge in [-0.1, -0.05) is 6.08 Å². The first-order valence-corrected chi connectivity index (χ1v) is 5.33. The second-order valence-corrected chi connectivity index (χ2v) is 3.81. The number of halogens is 1. The fraction of sp³-hybridized carbons (Fsp3) is 0.300. The normalized spacial score (nSPS) is 13.9.